The molecule has 0 amide bonds. The fraction of sp³-hybridized carbons (Fsp3) is 0.471. The molecule has 0 saturated carbocycles. The van der Waals surface area contributed by atoms with Gasteiger partial charge in [-0.25, -0.2) is 4.98 Å². The van der Waals surface area contributed by atoms with Gasteiger partial charge in [-0.1, -0.05) is 32.0 Å². The molecule has 1 aromatic carbocycles. The third-order valence-corrected chi connectivity index (χ3v) is 5.26. The maximum Gasteiger partial charge on any atom is 0.126 e. The molecule has 0 fully saturated rings. The van der Waals surface area contributed by atoms with Crippen LogP contribution in [0.15, 0.2) is 41.6 Å². The first kappa shape index (κ1) is 14.7. The molecule has 0 aliphatic carbocycles. The zero-order valence-corrected chi connectivity index (χ0v) is 13.6. The van der Waals surface area contributed by atoms with Gasteiger partial charge in [-0.05, 0) is 24.6 Å². The molecule has 4 heteroatoms. The number of nitrogens with zero attached hydrogens (tertiary/aromatic N) is 2. The normalized spacial score (nSPS) is 18.7. The van der Waals surface area contributed by atoms with Crippen LogP contribution in [-0.2, 0) is 6.54 Å². The number of imidazole rings is 1. The Balaban J connectivity index is 1.94. The van der Waals surface area contributed by atoms with Crippen molar-refractivity contribution in [1.82, 2.24) is 14.9 Å². The summed E-state index contributed by atoms with van der Waals surface area (Å²) in [6.45, 7) is 6.40. The van der Waals surface area contributed by atoms with E-state index in [9.17, 15) is 0 Å². The van der Waals surface area contributed by atoms with Crippen molar-refractivity contribution in [3.05, 3.63) is 48.0 Å². The molecule has 2 atom stereocenters. The van der Waals surface area contributed by atoms with E-state index in [0.717, 1.165) is 25.3 Å². The van der Waals surface area contributed by atoms with Crippen molar-refractivity contribution in [2.45, 2.75) is 43.7 Å². The molecule has 1 aliphatic heterocycles. The van der Waals surface area contributed by atoms with Crippen molar-refractivity contribution >= 4 is 11.8 Å². The minimum atomic E-state index is 0.299. The average Bonchev–Trinajstić information content (AvgIpc) is 3.12. The van der Waals surface area contributed by atoms with E-state index >= 15 is 0 Å². The molecule has 3 rings (SSSR count). The van der Waals surface area contributed by atoms with Gasteiger partial charge in [0.25, 0.3) is 0 Å². The molecule has 2 unspecified atom stereocenters. The van der Waals surface area contributed by atoms with Crippen molar-refractivity contribution in [2.24, 2.45) is 0 Å². The number of hydrogen-bond acceptors (Lipinski definition) is 3. The number of rotatable bonds is 6. The number of benzene rings is 1. The minimum absolute atomic E-state index is 0.299. The number of hydrogen-bond donors (Lipinski definition) is 1. The fourth-order valence-electron chi connectivity index (χ4n) is 3.13. The van der Waals surface area contributed by atoms with Gasteiger partial charge >= 0.3 is 0 Å². The molecule has 0 bridgehead atoms. The molecule has 0 saturated heterocycles. The first-order chi connectivity index (χ1) is 10.3. The number of fused-ring (bicyclic) bond motifs is 1. The first-order valence-corrected chi connectivity index (χ1v) is 8.79. The maximum atomic E-state index is 4.66. The summed E-state index contributed by atoms with van der Waals surface area (Å²) in [7, 11) is 0. The van der Waals surface area contributed by atoms with Crippen molar-refractivity contribution in [3.63, 3.8) is 0 Å². The number of thioether (sulfide) groups is 1. The lowest BCUT2D eigenvalue weighted by molar-refractivity contribution is 0.439. The minimum Gasteiger partial charge on any atom is -0.334 e. The molecule has 112 valence electrons. The quantitative estimate of drug-likeness (QED) is 0.879. The molecule has 0 spiro atoms. The summed E-state index contributed by atoms with van der Waals surface area (Å²) < 4.78 is 2.30. The highest BCUT2D eigenvalue weighted by atomic mass is 32.2. The molecule has 21 heavy (non-hydrogen) atoms. The highest BCUT2D eigenvalue weighted by Crippen LogP contribution is 2.45. The summed E-state index contributed by atoms with van der Waals surface area (Å²) in [4.78, 5) is 6.09. The van der Waals surface area contributed by atoms with Gasteiger partial charge in [0.05, 0.1) is 6.04 Å². The zero-order valence-electron chi connectivity index (χ0n) is 12.7. The second kappa shape index (κ2) is 6.67. The maximum absolute atomic E-state index is 4.66. The Labute approximate surface area is 131 Å². The molecular formula is C17H23N3S. The van der Waals surface area contributed by atoms with Gasteiger partial charge in [-0.15, -0.1) is 11.8 Å². The molecule has 2 aromatic rings. The second-order valence-corrected chi connectivity index (χ2v) is 6.53. The SMILES string of the molecule is CCCn1ccnc1C(NCC)C1CSc2ccccc21. The second-order valence-electron chi connectivity index (χ2n) is 5.47. The van der Waals surface area contributed by atoms with Gasteiger partial charge in [0.1, 0.15) is 5.82 Å². The average molecular weight is 301 g/mol. The zero-order chi connectivity index (χ0) is 14.7. The Hall–Kier alpha value is -1.26. The molecule has 1 N–H and O–H groups in total. The summed E-state index contributed by atoms with van der Waals surface area (Å²) in [5.41, 5.74) is 1.47. The Kier molecular flexibility index (Phi) is 4.66. The van der Waals surface area contributed by atoms with Crippen molar-refractivity contribution in [1.29, 1.82) is 0 Å². The summed E-state index contributed by atoms with van der Waals surface area (Å²) in [5.74, 6) is 2.82. The summed E-state index contributed by atoms with van der Waals surface area (Å²) in [5, 5.41) is 3.67. The smallest absolute Gasteiger partial charge is 0.126 e. The number of aryl methyl sites for hydroxylation is 1. The Bertz CT molecular complexity index is 593. The van der Waals surface area contributed by atoms with Gasteiger partial charge in [0.2, 0.25) is 0 Å². The Morgan fingerprint density at radius 1 is 1.38 bits per heavy atom. The van der Waals surface area contributed by atoms with Gasteiger partial charge in [-0.3, -0.25) is 0 Å². The summed E-state index contributed by atoms with van der Waals surface area (Å²) in [6.07, 6.45) is 5.18. The third kappa shape index (κ3) is 2.87. The standard InChI is InChI=1S/C17H23N3S/c1-3-10-20-11-9-19-17(20)16(18-4-2)14-12-21-15-8-6-5-7-13(14)15/h5-9,11,14,16,18H,3-4,10,12H2,1-2H3. The van der Waals surface area contributed by atoms with E-state index in [2.05, 4.69) is 59.2 Å². The van der Waals surface area contributed by atoms with E-state index in [1.165, 1.54) is 16.3 Å². The highest BCUT2D eigenvalue weighted by Gasteiger charge is 2.32. The predicted octanol–water partition coefficient (Wildman–Crippen LogP) is 3.83. The van der Waals surface area contributed by atoms with Crippen molar-refractivity contribution in [3.8, 4) is 0 Å². The number of nitrogens with one attached hydrogen (secondary N) is 1. The predicted molar refractivity (Wildman–Crippen MR) is 88.8 cm³/mol. The van der Waals surface area contributed by atoms with Crippen LogP contribution < -0.4 is 5.32 Å². The van der Waals surface area contributed by atoms with Crippen molar-refractivity contribution < 1.29 is 0 Å². The molecular weight excluding hydrogens is 278 g/mol. The monoisotopic (exact) mass is 301 g/mol. The van der Waals surface area contributed by atoms with Crippen molar-refractivity contribution in [2.75, 3.05) is 12.3 Å². The number of aromatic nitrogens is 2. The lowest BCUT2D eigenvalue weighted by atomic mass is 9.92. The van der Waals surface area contributed by atoms with Crippen LogP contribution in [-0.4, -0.2) is 21.8 Å². The Morgan fingerprint density at radius 2 is 2.24 bits per heavy atom. The highest BCUT2D eigenvalue weighted by molar-refractivity contribution is 7.99. The largest absolute Gasteiger partial charge is 0.334 e. The van der Waals surface area contributed by atoms with E-state index in [4.69, 9.17) is 0 Å². The molecule has 2 heterocycles. The first-order valence-electron chi connectivity index (χ1n) is 7.81. The van der Waals surface area contributed by atoms with Crippen LogP contribution in [0.4, 0.5) is 0 Å². The lowest BCUT2D eigenvalue weighted by Gasteiger charge is -2.25. The van der Waals surface area contributed by atoms with Crippen LogP contribution in [0, 0.1) is 0 Å². The number of likely N-dealkylation sites (N-methyl/N-ethyl adjacent to an activating group) is 1. The topological polar surface area (TPSA) is 29.9 Å². The third-order valence-electron chi connectivity index (χ3n) is 4.05. The fourth-order valence-corrected chi connectivity index (χ4v) is 4.42. The van der Waals surface area contributed by atoms with E-state index in [1.807, 2.05) is 18.0 Å². The molecule has 1 aromatic heterocycles. The van der Waals surface area contributed by atoms with Gasteiger partial charge in [-0.2, -0.15) is 0 Å². The van der Waals surface area contributed by atoms with E-state index in [0.29, 0.717) is 12.0 Å². The van der Waals surface area contributed by atoms with Gasteiger partial charge in [0.15, 0.2) is 0 Å². The van der Waals surface area contributed by atoms with E-state index in [1.54, 1.807) is 0 Å². The van der Waals surface area contributed by atoms with Crippen LogP contribution in [0.5, 0.6) is 0 Å². The van der Waals surface area contributed by atoms with Gasteiger partial charge in [0, 0.05) is 35.5 Å². The van der Waals surface area contributed by atoms with E-state index in [-0.39, 0.29) is 0 Å². The van der Waals surface area contributed by atoms with Crippen LogP contribution in [0.3, 0.4) is 0 Å². The summed E-state index contributed by atoms with van der Waals surface area (Å²) >= 11 is 1.97. The summed E-state index contributed by atoms with van der Waals surface area (Å²) in [6, 6.07) is 9.10. The van der Waals surface area contributed by atoms with Gasteiger partial charge < -0.3 is 9.88 Å². The molecule has 0 radical (unpaired) electrons. The van der Waals surface area contributed by atoms with Crippen LogP contribution in [0.2, 0.25) is 0 Å². The van der Waals surface area contributed by atoms with Crippen LogP contribution in [0.1, 0.15) is 43.6 Å². The van der Waals surface area contributed by atoms with Crippen LogP contribution >= 0.6 is 11.8 Å². The Morgan fingerprint density at radius 3 is 3.05 bits per heavy atom. The van der Waals surface area contributed by atoms with Crippen LogP contribution in [0.25, 0.3) is 0 Å². The molecule has 3 nitrogen and oxygen atoms in total. The lowest BCUT2D eigenvalue weighted by Crippen LogP contribution is -2.30. The molecule has 1 aliphatic rings. The van der Waals surface area contributed by atoms with E-state index < -0.39 is 0 Å².